The number of allylic oxidation sites excluding steroid dienone is 3. The number of hydrogen-bond donors (Lipinski definition) is 1. The van der Waals surface area contributed by atoms with Crippen molar-refractivity contribution in [2.45, 2.75) is 111 Å². The lowest BCUT2D eigenvalue weighted by Crippen LogP contribution is -2.36. The summed E-state index contributed by atoms with van der Waals surface area (Å²) >= 11 is 0. The van der Waals surface area contributed by atoms with E-state index < -0.39 is 12.2 Å². The molecule has 180 valence electrons. The Morgan fingerprint density at radius 1 is 1.25 bits per heavy atom. The second-order valence-electron chi connectivity index (χ2n) is 11.5. The van der Waals surface area contributed by atoms with Crippen LogP contribution >= 0.6 is 0 Å². The van der Waals surface area contributed by atoms with Gasteiger partial charge in [0.25, 0.3) is 0 Å². The molecule has 0 amide bonds. The molecule has 3 aliphatic carbocycles. The Morgan fingerprint density at radius 2 is 2.00 bits per heavy atom. The van der Waals surface area contributed by atoms with Crippen molar-refractivity contribution in [3.63, 3.8) is 0 Å². The molecule has 0 spiro atoms. The molecule has 0 aromatic heterocycles. The number of ether oxygens (including phenoxy) is 1. The van der Waals surface area contributed by atoms with E-state index in [0.29, 0.717) is 24.2 Å². The fraction of sp³-hybridized carbons (Fsp3) is 0.759. The highest BCUT2D eigenvalue weighted by atomic mass is 16.5. The molecule has 3 heteroatoms. The molecule has 0 aromatic carbocycles. The van der Waals surface area contributed by atoms with Crippen molar-refractivity contribution in [1.82, 2.24) is 0 Å². The highest BCUT2D eigenvalue weighted by Crippen LogP contribution is 2.60. The molecule has 32 heavy (non-hydrogen) atoms. The number of carbonyl (C=O) groups excluding carboxylic acids is 1. The van der Waals surface area contributed by atoms with Gasteiger partial charge in [-0.15, -0.1) is 0 Å². The van der Waals surface area contributed by atoms with Gasteiger partial charge in [0.05, 0.1) is 6.10 Å². The third-order valence-corrected chi connectivity index (χ3v) is 8.72. The van der Waals surface area contributed by atoms with Crippen LogP contribution in [0.5, 0.6) is 0 Å². The zero-order valence-electron chi connectivity index (χ0n) is 21.2. The van der Waals surface area contributed by atoms with Gasteiger partial charge in [-0.25, -0.2) is 0 Å². The maximum Gasteiger partial charge on any atom is 0.303 e. The van der Waals surface area contributed by atoms with E-state index >= 15 is 0 Å². The van der Waals surface area contributed by atoms with Crippen molar-refractivity contribution in [3.05, 3.63) is 35.5 Å². The summed E-state index contributed by atoms with van der Waals surface area (Å²) in [6.45, 7) is 15.3. The molecular formula is C29H46O3. The van der Waals surface area contributed by atoms with Crippen LogP contribution in [-0.4, -0.2) is 23.3 Å². The van der Waals surface area contributed by atoms with Gasteiger partial charge in [0.2, 0.25) is 0 Å². The van der Waals surface area contributed by atoms with Gasteiger partial charge in [0.1, 0.15) is 6.10 Å². The van der Waals surface area contributed by atoms with Crippen LogP contribution < -0.4 is 0 Å². The molecular weight excluding hydrogens is 396 g/mol. The molecule has 3 rings (SSSR count). The first-order valence-electron chi connectivity index (χ1n) is 13.1. The summed E-state index contributed by atoms with van der Waals surface area (Å²) < 4.78 is 5.41. The number of aliphatic hydroxyl groups is 1. The second kappa shape index (κ2) is 10.7. The molecule has 0 heterocycles. The third kappa shape index (κ3) is 5.76. The van der Waals surface area contributed by atoms with Gasteiger partial charge in [0, 0.05) is 13.3 Å². The summed E-state index contributed by atoms with van der Waals surface area (Å²) in [5.41, 5.74) is 3.89. The van der Waals surface area contributed by atoms with Gasteiger partial charge in [-0.05, 0) is 78.8 Å². The summed E-state index contributed by atoms with van der Waals surface area (Å²) in [6.07, 6.45) is 15.2. The van der Waals surface area contributed by atoms with Gasteiger partial charge in [-0.3, -0.25) is 4.79 Å². The van der Waals surface area contributed by atoms with Gasteiger partial charge in [-0.1, -0.05) is 71.3 Å². The molecule has 0 aliphatic heterocycles. The molecule has 6 atom stereocenters. The molecule has 3 aliphatic rings. The molecule has 1 N–H and O–H groups in total. The van der Waals surface area contributed by atoms with E-state index in [0.717, 1.165) is 28.9 Å². The fourth-order valence-corrected chi connectivity index (χ4v) is 7.03. The monoisotopic (exact) mass is 442 g/mol. The topological polar surface area (TPSA) is 46.5 Å². The molecule has 0 aromatic rings. The van der Waals surface area contributed by atoms with Crippen LogP contribution in [0.15, 0.2) is 35.5 Å². The largest absolute Gasteiger partial charge is 0.458 e. The van der Waals surface area contributed by atoms with Gasteiger partial charge in [0.15, 0.2) is 0 Å². The Kier molecular flexibility index (Phi) is 8.47. The Labute approximate surface area is 196 Å². The molecule has 0 unspecified atom stereocenters. The minimum absolute atomic E-state index is 0.314. The molecule has 3 fully saturated rings. The minimum Gasteiger partial charge on any atom is -0.458 e. The molecule has 0 bridgehead atoms. The van der Waals surface area contributed by atoms with Crippen LogP contribution in [0.1, 0.15) is 98.8 Å². The Hall–Kier alpha value is -1.35. The predicted molar refractivity (Wildman–Crippen MR) is 132 cm³/mol. The number of rotatable bonds is 7. The van der Waals surface area contributed by atoms with E-state index in [1.165, 1.54) is 58.3 Å². The van der Waals surface area contributed by atoms with E-state index in [9.17, 15) is 9.90 Å². The zero-order chi connectivity index (χ0) is 23.5. The first-order chi connectivity index (χ1) is 15.1. The Balaban J connectivity index is 1.72. The van der Waals surface area contributed by atoms with Crippen LogP contribution in [0.2, 0.25) is 0 Å². The molecule has 3 nitrogen and oxygen atoms in total. The first-order valence-corrected chi connectivity index (χ1v) is 13.1. The van der Waals surface area contributed by atoms with E-state index in [1.54, 1.807) is 5.57 Å². The minimum atomic E-state index is -0.478. The maximum absolute atomic E-state index is 11.4. The summed E-state index contributed by atoms with van der Waals surface area (Å²) in [5.74, 6) is 2.80. The van der Waals surface area contributed by atoms with E-state index in [2.05, 4.69) is 46.4 Å². The van der Waals surface area contributed by atoms with E-state index in [-0.39, 0.29) is 5.97 Å². The van der Waals surface area contributed by atoms with Crippen LogP contribution in [0.3, 0.4) is 0 Å². The predicted octanol–water partition coefficient (Wildman–Crippen LogP) is 7.16. The number of carbonyl (C=O) groups is 1. The standard InChI is InChI=1S/C29H46O3/c1-19(2)9-7-10-20(3)26-14-15-27-23(11-8-16-29(26,27)6)12-13-24-17-25(31)18-28(21(24)4)32-22(5)30/h12-13,19-20,25-28,31H,4,7-11,14-18H2,1-3,5-6H3/b23-12+,24-13+/t20-,25+,26-,27+,28+,29-/m1/s1. The quantitative estimate of drug-likeness (QED) is 0.425. The summed E-state index contributed by atoms with van der Waals surface area (Å²) in [7, 11) is 0. The summed E-state index contributed by atoms with van der Waals surface area (Å²) in [4.78, 5) is 11.4. The van der Waals surface area contributed by atoms with Crippen molar-refractivity contribution >= 4 is 5.97 Å². The number of esters is 1. The van der Waals surface area contributed by atoms with Crippen molar-refractivity contribution in [3.8, 4) is 0 Å². The van der Waals surface area contributed by atoms with Gasteiger partial charge in [-0.2, -0.15) is 0 Å². The smallest absolute Gasteiger partial charge is 0.303 e. The number of fused-ring (bicyclic) bond motifs is 1. The van der Waals surface area contributed by atoms with Crippen LogP contribution in [0.25, 0.3) is 0 Å². The SMILES string of the molecule is C=C1/C(=C/C=C2\CCC[C@]3(C)[C@@H]([C@H](C)CCCC(C)C)CC[C@@H]23)C[C@H](O)C[C@@H]1OC(C)=O. The van der Waals surface area contributed by atoms with Crippen molar-refractivity contribution in [1.29, 1.82) is 0 Å². The first kappa shape index (κ1) is 25.3. The van der Waals surface area contributed by atoms with Gasteiger partial charge >= 0.3 is 5.97 Å². The van der Waals surface area contributed by atoms with E-state index in [1.807, 2.05) is 0 Å². The lowest BCUT2D eigenvalue weighted by atomic mass is 9.60. The Morgan fingerprint density at radius 3 is 2.69 bits per heavy atom. The zero-order valence-corrected chi connectivity index (χ0v) is 21.2. The lowest BCUT2D eigenvalue weighted by Gasteiger charge is -2.44. The molecule has 0 saturated heterocycles. The molecule has 0 radical (unpaired) electrons. The second-order valence-corrected chi connectivity index (χ2v) is 11.5. The van der Waals surface area contributed by atoms with Crippen molar-refractivity contribution in [2.75, 3.05) is 0 Å². The lowest BCUT2D eigenvalue weighted by molar-refractivity contribution is -0.146. The average molecular weight is 443 g/mol. The van der Waals surface area contributed by atoms with Crippen molar-refractivity contribution in [2.24, 2.45) is 29.1 Å². The average Bonchev–Trinajstić information content (AvgIpc) is 3.06. The summed E-state index contributed by atoms with van der Waals surface area (Å²) in [5, 5.41) is 10.3. The van der Waals surface area contributed by atoms with Crippen LogP contribution in [-0.2, 0) is 9.53 Å². The van der Waals surface area contributed by atoms with Gasteiger partial charge < -0.3 is 9.84 Å². The third-order valence-electron chi connectivity index (χ3n) is 8.72. The highest BCUT2D eigenvalue weighted by Gasteiger charge is 2.50. The van der Waals surface area contributed by atoms with E-state index in [4.69, 9.17) is 4.74 Å². The fourth-order valence-electron chi connectivity index (χ4n) is 7.03. The summed E-state index contributed by atoms with van der Waals surface area (Å²) in [6, 6.07) is 0. The van der Waals surface area contributed by atoms with Crippen LogP contribution in [0.4, 0.5) is 0 Å². The van der Waals surface area contributed by atoms with Crippen molar-refractivity contribution < 1.29 is 14.6 Å². The molecule has 3 saturated carbocycles. The highest BCUT2D eigenvalue weighted by molar-refractivity contribution is 5.66. The normalized spacial score (nSPS) is 36.5. The number of hydrogen-bond acceptors (Lipinski definition) is 3. The Bertz CT molecular complexity index is 746. The maximum atomic E-state index is 11.4. The number of aliphatic hydroxyl groups excluding tert-OH is 1. The van der Waals surface area contributed by atoms with Crippen LogP contribution in [0, 0.1) is 29.1 Å².